The minimum atomic E-state index is 0. The Morgan fingerprint density at radius 2 is 2.17 bits per heavy atom. The highest BCUT2D eigenvalue weighted by Gasteiger charge is 2.13. The fourth-order valence-electron chi connectivity index (χ4n) is 2.24. The lowest BCUT2D eigenvalue weighted by molar-refractivity contribution is -0.0318. The van der Waals surface area contributed by atoms with Crippen LogP contribution in [0, 0.1) is 0 Å². The van der Waals surface area contributed by atoms with Gasteiger partial charge in [-0.1, -0.05) is 6.07 Å². The van der Waals surface area contributed by atoms with Gasteiger partial charge in [0.15, 0.2) is 5.96 Å². The molecule has 130 valence electrons. The summed E-state index contributed by atoms with van der Waals surface area (Å²) in [6, 6.07) is 7.57. The predicted octanol–water partition coefficient (Wildman–Crippen LogP) is 2.63. The molecule has 1 aliphatic heterocycles. The van der Waals surface area contributed by atoms with Crippen LogP contribution in [0.15, 0.2) is 29.3 Å². The fourth-order valence-corrected chi connectivity index (χ4v) is 2.24. The topological polar surface area (TPSA) is 78.1 Å². The summed E-state index contributed by atoms with van der Waals surface area (Å²) in [7, 11) is 1.63. The van der Waals surface area contributed by atoms with Crippen molar-refractivity contribution >= 4 is 35.6 Å². The summed E-state index contributed by atoms with van der Waals surface area (Å²) in [6.45, 7) is 2.97. The Morgan fingerprint density at radius 1 is 1.39 bits per heavy atom. The highest BCUT2D eigenvalue weighted by molar-refractivity contribution is 14.0. The van der Waals surface area contributed by atoms with Crippen molar-refractivity contribution in [3.63, 3.8) is 0 Å². The summed E-state index contributed by atoms with van der Waals surface area (Å²) in [5, 5.41) is 3.05. The molecular formula is C16H26IN3O3. The SMILES string of the molecule is COc1cccc(NC(N)=NCCCOC2CCOCC2)c1.I. The lowest BCUT2D eigenvalue weighted by Crippen LogP contribution is -2.24. The van der Waals surface area contributed by atoms with Crippen molar-refractivity contribution in [3.05, 3.63) is 24.3 Å². The minimum absolute atomic E-state index is 0. The van der Waals surface area contributed by atoms with Gasteiger partial charge in [-0.3, -0.25) is 4.99 Å². The largest absolute Gasteiger partial charge is 0.497 e. The third-order valence-corrected chi connectivity index (χ3v) is 3.45. The average molecular weight is 435 g/mol. The molecule has 0 radical (unpaired) electrons. The maximum atomic E-state index is 5.86. The van der Waals surface area contributed by atoms with E-state index in [1.165, 1.54) is 0 Å². The van der Waals surface area contributed by atoms with Crippen molar-refractivity contribution in [3.8, 4) is 5.75 Å². The maximum absolute atomic E-state index is 5.86. The first-order valence-electron chi connectivity index (χ1n) is 7.68. The number of anilines is 1. The molecule has 1 saturated heterocycles. The normalized spacial score (nSPS) is 15.8. The molecule has 0 aromatic heterocycles. The van der Waals surface area contributed by atoms with Gasteiger partial charge in [-0.05, 0) is 31.4 Å². The van der Waals surface area contributed by atoms with Crippen molar-refractivity contribution in [1.82, 2.24) is 0 Å². The number of hydrogen-bond acceptors (Lipinski definition) is 4. The number of nitrogens with zero attached hydrogens (tertiary/aromatic N) is 1. The van der Waals surface area contributed by atoms with Crippen molar-refractivity contribution in [2.75, 3.05) is 38.8 Å². The maximum Gasteiger partial charge on any atom is 0.193 e. The standard InChI is InChI=1S/C16H25N3O3.HI/c1-20-15-5-2-4-13(12-15)19-16(17)18-8-3-9-22-14-6-10-21-11-7-14;/h2,4-5,12,14H,3,6-11H2,1H3,(H3,17,18,19);1H. The molecule has 6 nitrogen and oxygen atoms in total. The van der Waals surface area contributed by atoms with Gasteiger partial charge in [0.25, 0.3) is 0 Å². The number of guanidine groups is 1. The molecule has 1 aliphatic rings. The number of nitrogens with two attached hydrogens (primary N) is 1. The fraction of sp³-hybridized carbons (Fsp3) is 0.562. The van der Waals surface area contributed by atoms with Gasteiger partial charge in [0.1, 0.15) is 5.75 Å². The number of benzene rings is 1. The molecule has 0 spiro atoms. The number of aliphatic imine (C=N–C) groups is 1. The first-order valence-corrected chi connectivity index (χ1v) is 7.68. The first kappa shape index (κ1) is 20.0. The van der Waals surface area contributed by atoms with Gasteiger partial charge in [-0.25, -0.2) is 0 Å². The van der Waals surface area contributed by atoms with Crippen molar-refractivity contribution in [2.24, 2.45) is 10.7 Å². The van der Waals surface area contributed by atoms with Gasteiger partial charge in [0.2, 0.25) is 0 Å². The highest BCUT2D eigenvalue weighted by atomic mass is 127. The van der Waals surface area contributed by atoms with Gasteiger partial charge in [-0.2, -0.15) is 0 Å². The van der Waals surface area contributed by atoms with E-state index in [2.05, 4.69) is 10.3 Å². The number of methoxy groups -OCH3 is 1. The third-order valence-electron chi connectivity index (χ3n) is 3.45. The van der Waals surface area contributed by atoms with Gasteiger partial charge < -0.3 is 25.3 Å². The second-order valence-corrected chi connectivity index (χ2v) is 5.16. The molecule has 7 heteroatoms. The van der Waals surface area contributed by atoms with Crippen LogP contribution in [0.3, 0.4) is 0 Å². The Morgan fingerprint density at radius 3 is 2.91 bits per heavy atom. The van der Waals surface area contributed by atoms with E-state index in [1.807, 2.05) is 24.3 Å². The van der Waals surface area contributed by atoms with E-state index >= 15 is 0 Å². The van der Waals surface area contributed by atoms with E-state index in [1.54, 1.807) is 7.11 Å². The zero-order chi connectivity index (χ0) is 15.6. The van der Waals surface area contributed by atoms with Crippen LogP contribution in [0.1, 0.15) is 19.3 Å². The molecule has 3 N–H and O–H groups in total. The van der Waals surface area contributed by atoms with Crippen LogP contribution in [0.4, 0.5) is 5.69 Å². The molecule has 0 bridgehead atoms. The van der Waals surface area contributed by atoms with Crippen molar-refractivity contribution in [2.45, 2.75) is 25.4 Å². The van der Waals surface area contributed by atoms with E-state index in [9.17, 15) is 0 Å². The number of hydrogen-bond donors (Lipinski definition) is 2. The number of nitrogens with one attached hydrogen (secondary N) is 1. The number of halogens is 1. The van der Waals surface area contributed by atoms with Gasteiger partial charge in [0.05, 0.1) is 13.2 Å². The summed E-state index contributed by atoms with van der Waals surface area (Å²) in [4.78, 5) is 4.30. The van der Waals surface area contributed by atoms with Crippen LogP contribution < -0.4 is 15.8 Å². The Balaban J connectivity index is 0.00000264. The molecule has 0 aliphatic carbocycles. The molecular weight excluding hydrogens is 409 g/mol. The van der Waals surface area contributed by atoms with E-state index in [-0.39, 0.29) is 24.0 Å². The minimum Gasteiger partial charge on any atom is -0.497 e. The molecule has 1 heterocycles. The van der Waals surface area contributed by atoms with E-state index in [4.69, 9.17) is 19.9 Å². The van der Waals surface area contributed by atoms with Crippen LogP contribution in [0.25, 0.3) is 0 Å². The van der Waals surface area contributed by atoms with Crippen LogP contribution in [0.2, 0.25) is 0 Å². The zero-order valence-electron chi connectivity index (χ0n) is 13.5. The second-order valence-electron chi connectivity index (χ2n) is 5.16. The zero-order valence-corrected chi connectivity index (χ0v) is 15.8. The van der Waals surface area contributed by atoms with E-state index in [0.717, 1.165) is 43.9 Å². The molecule has 0 saturated carbocycles. The van der Waals surface area contributed by atoms with E-state index in [0.29, 0.717) is 25.2 Å². The third kappa shape index (κ3) is 7.85. The van der Waals surface area contributed by atoms with Gasteiger partial charge >= 0.3 is 0 Å². The Labute approximate surface area is 154 Å². The molecule has 0 atom stereocenters. The summed E-state index contributed by atoms with van der Waals surface area (Å²) in [6.07, 6.45) is 3.17. The quantitative estimate of drug-likeness (QED) is 0.298. The smallest absolute Gasteiger partial charge is 0.193 e. The molecule has 1 aromatic carbocycles. The summed E-state index contributed by atoms with van der Waals surface area (Å²) < 4.78 is 16.2. The Bertz CT molecular complexity index is 479. The molecule has 0 amide bonds. The molecule has 1 fully saturated rings. The van der Waals surface area contributed by atoms with Gasteiger partial charge in [-0.15, -0.1) is 24.0 Å². The summed E-state index contributed by atoms with van der Waals surface area (Å²) in [5.74, 6) is 1.18. The molecule has 23 heavy (non-hydrogen) atoms. The summed E-state index contributed by atoms with van der Waals surface area (Å²) >= 11 is 0. The Kier molecular flexibility index (Phi) is 9.97. The Hall–Kier alpha value is -1.06. The van der Waals surface area contributed by atoms with Crippen LogP contribution in [0.5, 0.6) is 5.75 Å². The van der Waals surface area contributed by atoms with E-state index < -0.39 is 0 Å². The predicted molar refractivity (Wildman–Crippen MR) is 103 cm³/mol. The number of ether oxygens (including phenoxy) is 3. The van der Waals surface area contributed by atoms with Crippen molar-refractivity contribution < 1.29 is 14.2 Å². The lowest BCUT2D eigenvalue weighted by atomic mass is 10.1. The lowest BCUT2D eigenvalue weighted by Gasteiger charge is -2.22. The van der Waals surface area contributed by atoms with Crippen LogP contribution >= 0.6 is 24.0 Å². The number of rotatable bonds is 7. The van der Waals surface area contributed by atoms with Crippen LogP contribution in [-0.4, -0.2) is 45.5 Å². The molecule has 1 aromatic rings. The average Bonchev–Trinajstić information content (AvgIpc) is 2.55. The molecule has 0 unspecified atom stereocenters. The first-order chi connectivity index (χ1) is 10.8. The molecule has 2 rings (SSSR count). The van der Waals surface area contributed by atoms with Crippen LogP contribution in [-0.2, 0) is 9.47 Å². The van der Waals surface area contributed by atoms with Gasteiger partial charge in [0, 0.05) is 38.1 Å². The highest BCUT2D eigenvalue weighted by Crippen LogP contribution is 2.16. The summed E-state index contributed by atoms with van der Waals surface area (Å²) in [5.41, 5.74) is 6.72. The van der Waals surface area contributed by atoms with Crippen molar-refractivity contribution in [1.29, 1.82) is 0 Å². The monoisotopic (exact) mass is 435 g/mol. The second kappa shape index (κ2) is 11.5.